The Hall–Kier alpha value is -2.09. The van der Waals surface area contributed by atoms with E-state index in [2.05, 4.69) is 10.3 Å². The third kappa shape index (κ3) is 4.50. The number of benzene rings is 1. The number of rotatable bonds is 4. The van der Waals surface area contributed by atoms with Gasteiger partial charge in [-0.1, -0.05) is 12.1 Å². The van der Waals surface area contributed by atoms with Gasteiger partial charge in [-0.3, -0.25) is 4.79 Å². The minimum absolute atomic E-state index is 0.123. The minimum Gasteiger partial charge on any atom is -0.366 e. The van der Waals surface area contributed by atoms with Gasteiger partial charge in [0.25, 0.3) is 0 Å². The fraction of sp³-hybridized carbons (Fsp3) is 0.529. The third-order valence-corrected chi connectivity index (χ3v) is 6.86. The molecule has 0 bridgehead atoms. The van der Waals surface area contributed by atoms with Crippen LogP contribution in [-0.2, 0) is 16.4 Å². The Morgan fingerprint density at radius 1 is 1.32 bits per heavy atom. The molecule has 1 aliphatic heterocycles. The van der Waals surface area contributed by atoms with E-state index in [1.807, 2.05) is 24.0 Å². The van der Waals surface area contributed by atoms with E-state index in [0.717, 1.165) is 5.56 Å². The standard InChI is InChI=1S/C17H26N4O3S/c1-4-19-16(21-9-10-25(23,24)17(2,3)12-21)20-11-13-5-7-14(8-6-13)15(18)22/h5-8H,4,9-12H2,1-3H3,(H2,18,22)(H,19,20). The summed E-state index contributed by atoms with van der Waals surface area (Å²) >= 11 is 0. The number of aliphatic imine (C=N–C) groups is 1. The van der Waals surface area contributed by atoms with E-state index >= 15 is 0 Å². The number of nitrogens with zero attached hydrogens (tertiary/aromatic N) is 2. The number of guanidine groups is 1. The fourth-order valence-corrected chi connectivity index (χ4v) is 4.06. The van der Waals surface area contributed by atoms with Crippen LogP contribution < -0.4 is 11.1 Å². The Morgan fingerprint density at radius 3 is 2.48 bits per heavy atom. The molecule has 7 nitrogen and oxygen atoms in total. The van der Waals surface area contributed by atoms with E-state index < -0.39 is 20.5 Å². The normalized spacial score (nSPS) is 19.5. The molecular weight excluding hydrogens is 340 g/mol. The number of carbonyl (C=O) groups excluding carboxylic acids is 1. The summed E-state index contributed by atoms with van der Waals surface area (Å²) in [7, 11) is -3.09. The lowest BCUT2D eigenvalue weighted by atomic mass is 10.1. The number of nitrogens with two attached hydrogens (primary N) is 1. The maximum absolute atomic E-state index is 12.2. The van der Waals surface area contributed by atoms with Gasteiger partial charge in [0.15, 0.2) is 15.8 Å². The first-order valence-corrected chi connectivity index (χ1v) is 9.96. The highest BCUT2D eigenvalue weighted by molar-refractivity contribution is 7.92. The highest BCUT2D eigenvalue weighted by Gasteiger charge is 2.40. The first-order valence-electron chi connectivity index (χ1n) is 8.30. The number of nitrogens with one attached hydrogen (secondary N) is 1. The number of hydrogen-bond donors (Lipinski definition) is 2. The molecule has 0 radical (unpaired) electrons. The third-order valence-electron chi connectivity index (χ3n) is 4.33. The molecule has 1 aromatic carbocycles. The SMILES string of the molecule is CCNC(=NCc1ccc(C(N)=O)cc1)N1CCS(=O)(=O)C(C)(C)C1. The lowest BCUT2D eigenvalue weighted by Gasteiger charge is -2.39. The van der Waals surface area contributed by atoms with Crippen molar-refractivity contribution in [3.8, 4) is 0 Å². The van der Waals surface area contributed by atoms with Crippen LogP contribution in [0.3, 0.4) is 0 Å². The number of sulfone groups is 1. The Morgan fingerprint density at radius 2 is 1.96 bits per heavy atom. The molecule has 1 aliphatic rings. The molecule has 0 aromatic heterocycles. The Labute approximate surface area is 149 Å². The van der Waals surface area contributed by atoms with Crippen molar-refractivity contribution in [2.75, 3.05) is 25.4 Å². The van der Waals surface area contributed by atoms with Crippen molar-refractivity contribution in [3.63, 3.8) is 0 Å². The van der Waals surface area contributed by atoms with Crippen molar-refractivity contribution >= 4 is 21.7 Å². The highest BCUT2D eigenvalue weighted by Crippen LogP contribution is 2.23. The molecule has 0 aliphatic carbocycles. The van der Waals surface area contributed by atoms with Crippen molar-refractivity contribution < 1.29 is 13.2 Å². The van der Waals surface area contributed by atoms with Crippen molar-refractivity contribution in [2.24, 2.45) is 10.7 Å². The lowest BCUT2D eigenvalue weighted by Crippen LogP contribution is -2.57. The largest absolute Gasteiger partial charge is 0.366 e. The monoisotopic (exact) mass is 366 g/mol. The van der Waals surface area contributed by atoms with Gasteiger partial charge >= 0.3 is 0 Å². The maximum Gasteiger partial charge on any atom is 0.248 e. The number of primary amides is 1. The van der Waals surface area contributed by atoms with Crippen LogP contribution >= 0.6 is 0 Å². The van der Waals surface area contributed by atoms with Gasteiger partial charge in [-0.25, -0.2) is 13.4 Å². The first kappa shape index (κ1) is 19.2. The summed E-state index contributed by atoms with van der Waals surface area (Å²) in [4.78, 5) is 17.7. The molecule has 1 saturated heterocycles. The summed E-state index contributed by atoms with van der Waals surface area (Å²) in [6, 6.07) is 6.99. The maximum atomic E-state index is 12.2. The minimum atomic E-state index is -3.09. The Balaban J connectivity index is 2.14. The van der Waals surface area contributed by atoms with Crippen LogP contribution in [-0.4, -0.2) is 55.3 Å². The lowest BCUT2D eigenvalue weighted by molar-refractivity contribution is 0.100. The quantitative estimate of drug-likeness (QED) is 0.605. The number of hydrogen-bond acceptors (Lipinski definition) is 4. The fourth-order valence-electron chi connectivity index (χ4n) is 2.69. The first-order chi connectivity index (χ1) is 11.7. The summed E-state index contributed by atoms with van der Waals surface area (Å²) < 4.78 is 23.5. The van der Waals surface area contributed by atoms with Crippen molar-refractivity contribution in [2.45, 2.75) is 32.1 Å². The van der Waals surface area contributed by atoms with E-state index in [1.165, 1.54) is 0 Å². The molecule has 1 heterocycles. The summed E-state index contributed by atoms with van der Waals surface area (Å²) in [5.41, 5.74) is 6.65. The zero-order chi connectivity index (χ0) is 18.7. The molecule has 1 fully saturated rings. The van der Waals surface area contributed by atoms with Gasteiger partial charge in [-0.05, 0) is 38.5 Å². The van der Waals surface area contributed by atoms with Gasteiger partial charge < -0.3 is 16.0 Å². The smallest absolute Gasteiger partial charge is 0.248 e. The molecule has 0 saturated carbocycles. The molecule has 0 spiro atoms. The molecule has 0 unspecified atom stereocenters. The molecular formula is C17H26N4O3S. The van der Waals surface area contributed by atoms with E-state index in [4.69, 9.17) is 5.73 Å². The molecule has 0 atom stereocenters. The summed E-state index contributed by atoms with van der Waals surface area (Å²) in [6.45, 7) is 7.44. The van der Waals surface area contributed by atoms with Crippen LogP contribution in [0.2, 0.25) is 0 Å². The van der Waals surface area contributed by atoms with Gasteiger partial charge in [0.1, 0.15) is 0 Å². The number of carbonyl (C=O) groups is 1. The molecule has 8 heteroatoms. The van der Waals surface area contributed by atoms with Crippen LogP contribution in [0.25, 0.3) is 0 Å². The average Bonchev–Trinajstić information content (AvgIpc) is 2.54. The van der Waals surface area contributed by atoms with E-state index in [0.29, 0.717) is 37.7 Å². The van der Waals surface area contributed by atoms with Crippen molar-refractivity contribution in [1.82, 2.24) is 10.2 Å². The second-order valence-corrected chi connectivity index (χ2v) is 9.47. The molecule has 1 amide bonds. The topological polar surface area (TPSA) is 105 Å². The van der Waals surface area contributed by atoms with Crippen molar-refractivity contribution in [3.05, 3.63) is 35.4 Å². The van der Waals surface area contributed by atoms with Crippen LogP contribution in [0.4, 0.5) is 0 Å². The second kappa shape index (κ2) is 7.43. The highest BCUT2D eigenvalue weighted by atomic mass is 32.2. The van der Waals surface area contributed by atoms with Crippen LogP contribution in [0, 0.1) is 0 Å². The molecule has 3 N–H and O–H groups in total. The van der Waals surface area contributed by atoms with Gasteiger partial charge in [0.05, 0.1) is 17.0 Å². The molecule has 2 rings (SSSR count). The zero-order valence-electron chi connectivity index (χ0n) is 14.9. The summed E-state index contributed by atoms with van der Waals surface area (Å²) in [5, 5.41) is 3.22. The van der Waals surface area contributed by atoms with Gasteiger partial charge in [0, 0.05) is 25.2 Å². The van der Waals surface area contributed by atoms with E-state index in [9.17, 15) is 13.2 Å². The van der Waals surface area contributed by atoms with Crippen LogP contribution in [0.15, 0.2) is 29.3 Å². The van der Waals surface area contributed by atoms with E-state index in [1.54, 1.807) is 26.0 Å². The van der Waals surface area contributed by atoms with Gasteiger partial charge in [-0.2, -0.15) is 0 Å². The van der Waals surface area contributed by atoms with E-state index in [-0.39, 0.29) is 5.75 Å². The van der Waals surface area contributed by atoms with Crippen LogP contribution in [0.1, 0.15) is 36.7 Å². The zero-order valence-corrected chi connectivity index (χ0v) is 15.8. The van der Waals surface area contributed by atoms with Crippen LogP contribution in [0.5, 0.6) is 0 Å². The molecule has 138 valence electrons. The summed E-state index contributed by atoms with van der Waals surface area (Å²) in [5.74, 6) is 0.363. The predicted octanol–water partition coefficient (Wildman–Crippen LogP) is 0.760. The number of amides is 1. The molecule has 1 aromatic rings. The van der Waals surface area contributed by atoms with Gasteiger partial charge in [0.2, 0.25) is 5.91 Å². The average molecular weight is 366 g/mol. The Kier molecular flexibility index (Phi) is 5.72. The Bertz CT molecular complexity index is 755. The van der Waals surface area contributed by atoms with Gasteiger partial charge in [-0.15, -0.1) is 0 Å². The van der Waals surface area contributed by atoms with Crippen molar-refractivity contribution in [1.29, 1.82) is 0 Å². The predicted molar refractivity (Wildman–Crippen MR) is 99.2 cm³/mol. The molecule has 25 heavy (non-hydrogen) atoms. The second-order valence-electron chi connectivity index (χ2n) is 6.73. The summed E-state index contributed by atoms with van der Waals surface area (Å²) in [6.07, 6.45) is 0.